The van der Waals surface area contributed by atoms with Gasteiger partial charge in [-0.2, -0.15) is 13.2 Å². The van der Waals surface area contributed by atoms with Crippen molar-refractivity contribution in [1.29, 1.82) is 0 Å². The second-order valence-electron chi connectivity index (χ2n) is 9.15. The van der Waals surface area contributed by atoms with Crippen molar-refractivity contribution in [1.82, 2.24) is 15.1 Å². The van der Waals surface area contributed by atoms with Gasteiger partial charge in [0.25, 0.3) is 5.91 Å². The molecule has 0 aliphatic carbocycles. The summed E-state index contributed by atoms with van der Waals surface area (Å²) in [6, 6.07) is 2.36. The number of hydrogen-bond donors (Lipinski definition) is 2. The molecule has 2 fully saturated rings. The van der Waals surface area contributed by atoms with E-state index in [-0.39, 0.29) is 43.8 Å². The van der Waals surface area contributed by atoms with Crippen LogP contribution in [-0.4, -0.2) is 84.0 Å². The molecule has 3 atom stereocenters. The molecule has 1 aromatic carbocycles. The Labute approximate surface area is 201 Å². The van der Waals surface area contributed by atoms with Gasteiger partial charge in [0.05, 0.1) is 16.6 Å². The van der Waals surface area contributed by atoms with Crippen LogP contribution >= 0.6 is 0 Å². The Morgan fingerprint density at radius 1 is 1.20 bits per heavy atom. The molecular weight excluding hydrogens is 491 g/mol. The number of nitrogens with one attached hydrogen (secondary N) is 1. The first-order chi connectivity index (χ1) is 16.2. The van der Waals surface area contributed by atoms with E-state index in [1.54, 1.807) is 0 Å². The molecule has 0 radical (unpaired) electrons. The van der Waals surface area contributed by atoms with Gasteiger partial charge in [-0.05, 0) is 44.9 Å². The Morgan fingerprint density at radius 3 is 2.49 bits per heavy atom. The number of carbonyl (C=O) groups is 3. The Kier molecular flexibility index (Phi) is 7.68. The lowest BCUT2D eigenvalue weighted by molar-refractivity contribution is -0.137. The minimum absolute atomic E-state index is 0.0447. The van der Waals surface area contributed by atoms with Gasteiger partial charge < -0.3 is 20.2 Å². The zero-order valence-electron chi connectivity index (χ0n) is 19.3. The first-order valence-electron chi connectivity index (χ1n) is 11.2. The predicted octanol–water partition coefficient (Wildman–Crippen LogP) is 2.23. The van der Waals surface area contributed by atoms with E-state index in [4.69, 9.17) is 0 Å². The molecule has 0 bridgehead atoms. The van der Waals surface area contributed by atoms with E-state index in [2.05, 4.69) is 5.32 Å². The Hall–Kier alpha value is -2.83. The summed E-state index contributed by atoms with van der Waals surface area (Å²) in [5.74, 6) is -2.22. The number of hydrogen-bond acceptors (Lipinski definition) is 5. The third-order valence-corrected chi connectivity index (χ3v) is 8.86. The first-order valence-corrected chi connectivity index (χ1v) is 12.9. The van der Waals surface area contributed by atoms with Crippen molar-refractivity contribution in [3.05, 3.63) is 35.4 Å². The highest BCUT2D eigenvalue weighted by molar-refractivity contribution is 7.91. The number of sulfone groups is 1. The molecule has 2 saturated heterocycles. The predicted molar refractivity (Wildman–Crippen MR) is 119 cm³/mol. The third-order valence-electron chi connectivity index (χ3n) is 6.53. The second-order valence-corrected chi connectivity index (χ2v) is 11.7. The van der Waals surface area contributed by atoms with Gasteiger partial charge >= 0.3 is 12.3 Å². The van der Waals surface area contributed by atoms with Crippen molar-refractivity contribution in [2.24, 2.45) is 5.92 Å². The molecule has 9 nitrogen and oxygen atoms in total. The van der Waals surface area contributed by atoms with Crippen molar-refractivity contribution in [3.8, 4) is 0 Å². The molecule has 13 heteroatoms. The van der Waals surface area contributed by atoms with Crippen LogP contribution in [0.25, 0.3) is 0 Å². The Morgan fingerprint density at radius 2 is 1.89 bits per heavy atom. The van der Waals surface area contributed by atoms with Gasteiger partial charge in [-0.1, -0.05) is 6.07 Å². The lowest BCUT2D eigenvalue weighted by Crippen LogP contribution is -2.56. The van der Waals surface area contributed by atoms with Crippen LogP contribution in [0.2, 0.25) is 0 Å². The molecule has 3 rings (SSSR count). The van der Waals surface area contributed by atoms with E-state index in [0.29, 0.717) is 6.07 Å². The van der Waals surface area contributed by atoms with E-state index >= 15 is 0 Å². The molecule has 3 unspecified atom stereocenters. The summed E-state index contributed by atoms with van der Waals surface area (Å²) in [7, 11) is -3.53. The van der Waals surface area contributed by atoms with Crippen LogP contribution < -0.4 is 5.32 Å². The quantitative estimate of drug-likeness (QED) is 0.594. The number of nitrogens with zero attached hydrogens (tertiary/aromatic N) is 2. The average molecular weight is 520 g/mol. The SMILES string of the molecule is CC(C)S(=O)(=O)CC1CN(C(=O)O)CCC1N1CCC(NC(=O)c2cccc(C(F)(F)F)c2)C1=O. The van der Waals surface area contributed by atoms with Crippen LogP contribution in [0, 0.1) is 5.92 Å². The molecule has 35 heavy (non-hydrogen) atoms. The molecule has 3 amide bonds. The summed E-state index contributed by atoms with van der Waals surface area (Å²) < 4.78 is 64.0. The van der Waals surface area contributed by atoms with Gasteiger partial charge in [0, 0.05) is 37.2 Å². The second kappa shape index (κ2) is 10.0. The van der Waals surface area contributed by atoms with Crippen LogP contribution in [0.5, 0.6) is 0 Å². The fourth-order valence-corrected chi connectivity index (χ4v) is 5.81. The standard InChI is InChI=1S/C22H28F3N3O6S/c1-13(2)35(33,34)12-15-11-27(21(31)32)8-7-18(15)28-9-6-17(20(28)30)26-19(29)14-4-3-5-16(10-14)22(23,24)25/h3-5,10,13,15,17-18H,6-9,11-12H2,1-2H3,(H,26,29)(H,31,32). The summed E-state index contributed by atoms with van der Waals surface area (Å²) in [6.45, 7) is 3.35. The van der Waals surface area contributed by atoms with Crippen molar-refractivity contribution >= 4 is 27.7 Å². The highest BCUT2D eigenvalue weighted by Gasteiger charge is 2.44. The molecule has 1 aromatic rings. The van der Waals surface area contributed by atoms with Gasteiger partial charge in [0.2, 0.25) is 5.91 Å². The number of rotatable bonds is 6. The molecule has 194 valence electrons. The topological polar surface area (TPSA) is 124 Å². The largest absolute Gasteiger partial charge is 0.465 e. The van der Waals surface area contributed by atoms with Crippen molar-refractivity contribution < 1.29 is 41.1 Å². The summed E-state index contributed by atoms with van der Waals surface area (Å²) in [5, 5.41) is 11.2. The average Bonchev–Trinajstić information content (AvgIpc) is 3.12. The van der Waals surface area contributed by atoms with E-state index in [1.807, 2.05) is 0 Å². The maximum absolute atomic E-state index is 13.1. The monoisotopic (exact) mass is 519 g/mol. The van der Waals surface area contributed by atoms with Gasteiger partial charge in [-0.15, -0.1) is 0 Å². The maximum Gasteiger partial charge on any atom is 0.416 e. The zero-order chi connectivity index (χ0) is 26.1. The summed E-state index contributed by atoms with van der Waals surface area (Å²) >= 11 is 0. The number of benzene rings is 1. The number of piperidine rings is 1. The van der Waals surface area contributed by atoms with Crippen LogP contribution in [0.1, 0.15) is 42.6 Å². The van der Waals surface area contributed by atoms with E-state index in [0.717, 1.165) is 17.0 Å². The molecule has 2 N–H and O–H groups in total. The number of carbonyl (C=O) groups excluding carboxylic acids is 2. The van der Waals surface area contributed by atoms with Gasteiger partial charge in [0.15, 0.2) is 9.84 Å². The summed E-state index contributed by atoms with van der Waals surface area (Å²) in [5.41, 5.74) is -1.22. The molecule has 2 heterocycles. The Balaban J connectivity index is 1.74. The highest BCUT2D eigenvalue weighted by Crippen LogP contribution is 2.31. The fourth-order valence-electron chi connectivity index (χ4n) is 4.50. The van der Waals surface area contributed by atoms with Crippen LogP contribution in [0.15, 0.2) is 24.3 Å². The number of halogens is 3. The van der Waals surface area contributed by atoms with Gasteiger partial charge in [0.1, 0.15) is 6.04 Å². The minimum atomic E-state index is -4.62. The molecule has 2 aliphatic rings. The van der Waals surface area contributed by atoms with E-state index in [9.17, 15) is 41.1 Å². The molecule has 2 aliphatic heterocycles. The molecule has 0 spiro atoms. The van der Waals surface area contributed by atoms with Crippen LogP contribution in [0.3, 0.4) is 0 Å². The highest BCUT2D eigenvalue weighted by atomic mass is 32.2. The summed E-state index contributed by atoms with van der Waals surface area (Å²) in [4.78, 5) is 39.7. The number of amides is 3. The normalized spacial score (nSPS) is 23.6. The lowest BCUT2D eigenvalue weighted by Gasteiger charge is -2.41. The smallest absolute Gasteiger partial charge is 0.416 e. The lowest BCUT2D eigenvalue weighted by atomic mass is 9.92. The number of likely N-dealkylation sites (tertiary alicyclic amines) is 2. The zero-order valence-corrected chi connectivity index (χ0v) is 20.1. The van der Waals surface area contributed by atoms with E-state index < -0.39 is 62.7 Å². The van der Waals surface area contributed by atoms with Crippen LogP contribution in [-0.2, 0) is 20.8 Å². The van der Waals surface area contributed by atoms with Crippen molar-refractivity contribution in [3.63, 3.8) is 0 Å². The number of carboxylic acid groups (broad SMARTS) is 1. The van der Waals surface area contributed by atoms with Gasteiger partial charge in [-0.25, -0.2) is 13.2 Å². The van der Waals surface area contributed by atoms with Crippen molar-refractivity contribution in [2.75, 3.05) is 25.4 Å². The fraction of sp³-hybridized carbons (Fsp3) is 0.591. The van der Waals surface area contributed by atoms with E-state index in [1.165, 1.54) is 24.8 Å². The molecule has 0 saturated carbocycles. The number of alkyl halides is 3. The Bertz CT molecular complexity index is 1090. The first kappa shape index (κ1) is 26.8. The minimum Gasteiger partial charge on any atom is -0.465 e. The maximum atomic E-state index is 13.1. The van der Waals surface area contributed by atoms with Crippen LogP contribution in [0.4, 0.5) is 18.0 Å². The molecule has 0 aromatic heterocycles. The van der Waals surface area contributed by atoms with Crippen molar-refractivity contribution in [2.45, 2.75) is 50.2 Å². The van der Waals surface area contributed by atoms with Gasteiger partial charge in [-0.3, -0.25) is 9.59 Å². The third kappa shape index (κ3) is 6.06. The summed E-state index contributed by atoms with van der Waals surface area (Å²) in [6.07, 6.45) is -5.35. The molecular formula is C22H28F3N3O6S.